The highest BCUT2D eigenvalue weighted by Gasteiger charge is 2.13. The number of nitrogens with zero attached hydrogens (tertiary/aromatic N) is 1. The zero-order chi connectivity index (χ0) is 32.9. The minimum atomic E-state index is -0.0342. The summed E-state index contributed by atoms with van der Waals surface area (Å²) in [5, 5.41) is 2.79. The van der Waals surface area contributed by atoms with Crippen molar-refractivity contribution in [3.05, 3.63) is 0 Å². The number of nitrogens with one attached hydrogen (secondary N) is 1. The number of rotatable bonds is 37. The summed E-state index contributed by atoms with van der Waals surface area (Å²) in [5.41, 5.74) is 0. The minimum absolute atomic E-state index is 0.0342. The zero-order valence-corrected chi connectivity index (χ0v) is 31.2. The van der Waals surface area contributed by atoms with Gasteiger partial charge in [-0.3, -0.25) is 9.59 Å². The molecule has 0 saturated heterocycles. The molecule has 0 aliphatic heterocycles. The van der Waals surface area contributed by atoms with Crippen molar-refractivity contribution in [2.45, 2.75) is 233 Å². The lowest BCUT2D eigenvalue weighted by Crippen LogP contribution is -2.41. The van der Waals surface area contributed by atoms with Gasteiger partial charge in [-0.1, -0.05) is 213 Å². The molecule has 0 aromatic carbocycles. The van der Waals surface area contributed by atoms with Gasteiger partial charge in [-0.05, 0) is 12.8 Å². The van der Waals surface area contributed by atoms with E-state index >= 15 is 0 Å². The molecule has 2 amide bonds. The van der Waals surface area contributed by atoms with Crippen LogP contribution in [-0.4, -0.2) is 36.3 Å². The molecular weight excluding hydrogens is 552 g/mol. The first kappa shape index (κ1) is 43.9. The van der Waals surface area contributed by atoms with Crippen LogP contribution < -0.4 is 5.32 Å². The van der Waals surface area contributed by atoms with Crippen LogP contribution in [0.4, 0.5) is 0 Å². The molecule has 45 heavy (non-hydrogen) atoms. The topological polar surface area (TPSA) is 49.4 Å². The molecule has 0 fully saturated rings. The van der Waals surface area contributed by atoms with Gasteiger partial charge in [0.2, 0.25) is 11.8 Å². The SMILES string of the molecule is CCCCCCCCCCCCCCCCCCN(CCCCCCCCCCCCCCCCCC)C(=O)CNC(=O)CC. The van der Waals surface area contributed by atoms with E-state index in [-0.39, 0.29) is 18.4 Å². The second kappa shape index (κ2) is 37.4. The molecule has 0 unspecified atom stereocenters. The fourth-order valence-corrected chi connectivity index (χ4v) is 6.47. The van der Waals surface area contributed by atoms with Crippen molar-refractivity contribution in [1.82, 2.24) is 10.2 Å². The number of hydrogen-bond donors (Lipinski definition) is 1. The summed E-state index contributed by atoms with van der Waals surface area (Å²) >= 11 is 0. The molecule has 0 aromatic rings. The predicted octanol–water partition coefficient (Wildman–Crippen LogP) is 12.9. The van der Waals surface area contributed by atoms with Gasteiger partial charge in [0.1, 0.15) is 0 Å². The maximum absolute atomic E-state index is 12.9. The predicted molar refractivity (Wildman–Crippen MR) is 199 cm³/mol. The van der Waals surface area contributed by atoms with E-state index < -0.39 is 0 Å². The van der Waals surface area contributed by atoms with Crippen molar-refractivity contribution in [3.8, 4) is 0 Å². The summed E-state index contributed by atoms with van der Waals surface area (Å²) in [6, 6.07) is 0. The van der Waals surface area contributed by atoms with Gasteiger partial charge in [-0.2, -0.15) is 0 Å². The van der Waals surface area contributed by atoms with E-state index in [2.05, 4.69) is 19.2 Å². The smallest absolute Gasteiger partial charge is 0.241 e. The average molecular weight is 635 g/mol. The van der Waals surface area contributed by atoms with Crippen molar-refractivity contribution in [3.63, 3.8) is 0 Å². The first-order chi connectivity index (χ1) is 22.2. The number of carbonyl (C=O) groups excluding carboxylic acids is 2. The normalized spacial score (nSPS) is 11.3. The monoisotopic (exact) mass is 635 g/mol. The highest BCUT2D eigenvalue weighted by atomic mass is 16.2. The van der Waals surface area contributed by atoms with Crippen LogP contribution >= 0.6 is 0 Å². The van der Waals surface area contributed by atoms with Crippen molar-refractivity contribution in [1.29, 1.82) is 0 Å². The lowest BCUT2D eigenvalue weighted by Gasteiger charge is -2.23. The van der Waals surface area contributed by atoms with Crippen molar-refractivity contribution in [2.75, 3.05) is 19.6 Å². The Morgan fingerprint density at radius 3 is 0.867 bits per heavy atom. The van der Waals surface area contributed by atoms with Crippen LogP contribution in [-0.2, 0) is 9.59 Å². The molecule has 0 rings (SSSR count). The molecule has 0 heterocycles. The molecule has 268 valence electrons. The Balaban J connectivity index is 3.83. The van der Waals surface area contributed by atoms with E-state index in [1.165, 1.54) is 193 Å². The number of unbranched alkanes of at least 4 members (excludes halogenated alkanes) is 30. The van der Waals surface area contributed by atoms with Gasteiger partial charge in [-0.25, -0.2) is 0 Å². The third-order valence-electron chi connectivity index (χ3n) is 9.67. The van der Waals surface area contributed by atoms with Crippen LogP contribution in [0.1, 0.15) is 233 Å². The Kier molecular flexibility index (Phi) is 36.5. The molecule has 0 aliphatic rings. The van der Waals surface area contributed by atoms with Crippen LogP contribution in [0.3, 0.4) is 0 Å². The lowest BCUT2D eigenvalue weighted by atomic mass is 10.0. The molecular formula is C41H82N2O2. The molecule has 0 radical (unpaired) electrons. The molecule has 4 nitrogen and oxygen atoms in total. The van der Waals surface area contributed by atoms with Gasteiger partial charge >= 0.3 is 0 Å². The highest BCUT2D eigenvalue weighted by Crippen LogP contribution is 2.16. The molecule has 4 heteroatoms. The zero-order valence-electron chi connectivity index (χ0n) is 31.2. The third-order valence-corrected chi connectivity index (χ3v) is 9.67. The highest BCUT2D eigenvalue weighted by molar-refractivity contribution is 5.84. The fraction of sp³-hybridized carbons (Fsp3) is 0.951. The number of carbonyl (C=O) groups is 2. The summed E-state index contributed by atoms with van der Waals surface area (Å²) in [5.74, 6) is 0.0619. The minimum Gasteiger partial charge on any atom is -0.347 e. The van der Waals surface area contributed by atoms with E-state index in [0.29, 0.717) is 6.42 Å². The van der Waals surface area contributed by atoms with E-state index in [9.17, 15) is 9.59 Å². The Labute approximate surface area is 283 Å². The van der Waals surface area contributed by atoms with E-state index in [4.69, 9.17) is 0 Å². The quantitative estimate of drug-likeness (QED) is 0.0691. The van der Waals surface area contributed by atoms with Gasteiger partial charge in [0.25, 0.3) is 0 Å². The third kappa shape index (κ3) is 34.1. The Hall–Kier alpha value is -1.06. The van der Waals surface area contributed by atoms with Crippen LogP contribution in [0.25, 0.3) is 0 Å². The molecule has 0 bridgehead atoms. The van der Waals surface area contributed by atoms with E-state index in [1.54, 1.807) is 0 Å². The molecule has 0 aromatic heterocycles. The standard InChI is InChI=1S/C41H82N2O2/c1-4-7-9-11-13-15-17-19-21-23-25-27-29-31-33-35-37-43(41(45)39-42-40(44)6-3)38-36-34-32-30-28-26-24-22-20-18-16-14-12-10-8-5-2/h4-39H2,1-3H3,(H,42,44). The van der Waals surface area contributed by atoms with Gasteiger partial charge < -0.3 is 10.2 Å². The summed E-state index contributed by atoms with van der Waals surface area (Å²) in [6.45, 7) is 8.27. The summed E-state index contributed by atoms with van der Waals surface area (Å²) in [7, 11) is 0. The van der Waals surface area contributed by atoms with Gasteiger partial charge in [0.15, 0.2) is 0 Å². The Morgan fingerprint density at radius 1 is 0.378 bits per heavy atom. The van der Waals surface area contributed by atoms with Crippen LogP contribution in [0, 0.1) is 0 Å². The Bertz CT molecular complexity index is 572. The summed E-state index contributed by atoms with van der Waals surface area (Å²) in [4.78, 5) is 26.6. The van der Waals surface area contributed by atoms with Gasteiger partial charge in [-0.15, -0.1) is 0 Å². The number of amides is 2. The Morgan fingerprint density at radius 2 is 0.622 bits per heavy atom. The van der Waals surface area contributed by atoms with Gasteiger partial charge in [0.05, 0.1) is 6.54 Å². The lowest BCUT2D eigenvalue weighted by molar-refractivity contribution is -0.133. The van der Waals surface area contributed by atoms with E-state index in [1.807, 2.05) is 11.8 Å². The molecule has 0 aliphatic carbocycles. The summed E-state index contributed by atoms with van der Waals surface area (Å²) in [6.07, 6.45) is 44.1. The fourth-order valence-electron chi connectivity index (χ4n) is 6.47. The number of hydrogen-bond acceptors (Lipinski definition) is 2. The molecule has 0 atom stereocenters. The maximum atomic E-state index is 12.9. The van der Waals surface area contributed by atoms with Gasteiger partial charge in [0, 0.05) is 19.5 Å². The van der Waals surface area contributed by atoms with Crippen LogP contribution in [0.2, 0.25) is 0 Å². The average Bonchev–Trinajstić information content (AvgIpc) is 3.05. The summed E-state index contributed by atoms with van der Waals surface area (Å²) < 4.78 is 0. The van der Waals surface area contributed by atoms with Crippen molar-refractivity contribution < 1.29 is 9.59 Å². The first-order valence-corrected chi connectivity index (χ1v) is 20.7. The van der Waals surface area contributed by atoms with Crippen molar-refractivity contribution >= 4 is 11.8 Å². The maximum Gasteiger partial charge on any atom is 0.241 e. The largest absolute Gasteiger partial charge is 0.347 e. The van der Waals surface area contributed by atoms with E-state index in [0.717, 1.165) is 25.9 Å². The molecule has 1 N–H and O–H groups in total. The second-order valence-corrected chi connectivity index (χ2v) is 14.1. The van der Waals surface area contributed by atoms with Crippen molar-refractivity contribution in [2.24, 2.45) is 0 Å². The second-order valence-electron chi connectivity index (χ2n) is 14.1. The van der Waals surface area contributed by atoms with Crippen LogP contribution in [0.15, 0.2) is 0 Å². The molecule has 0 saturated carbocycles. The van der Waals surface area contributed by atoms with Crippen LogP contribution in [0.5, 0.6) is 0 Å². The molecule has 0 spiro atoms. The first-order valence-electron chi connectivity index (χ1n) is 20.7.